The van der Waals surface area contributed by atoms with Gasteiger partial charge in [0.1, 0.15) is 11.1 Å². The van der Waals surface area contributed by atoms with E-state index in [1.54, 1.807) is 6.07 Å². The lowest BCUT2D eigenvalue weighted by molar-refractivity contribution is -0.385. The van der Waals surface area contributed by atoms with Crippen LogP contribution in [-0.2, 0) is 4.74 Å². The van der Waals surface area contributed by atoms with E-state index >= 15 is 0 Å². The highest BCUT2D eigenvalue weighted by molar-refractivity contribution is 5.98. The zero-order valence-electron chi connectivity index (χ0n) is 8.30. The molecule has 16 heavy (non-hydrogen) atoms. The number of esters is 1. The van der Waals surface area contributed by atoms with Gasteiger partial charge in [-0.2, -0.15) is 0 Å². The number of nitro benzene ring substituents is 1. The zero-order chi connectivity index (χ0) is 11.7. The van der Waals surface area contributed by atoms with Crippen molar-refractivity contribution < 1.29 is 18.9 Å². The molecule has 6 heteroatoms. The molecule has 0 aliphatic heterocycles. The molecule has 2 aromatic rings. The van der Waals surface area contributed by atoms with Gasteiger partial charge in [0.2, 0.25) is 0 Å². The first kappa shape index (κ1) is 10.2. The van der Waals surface area contributed by atoms with Gasteiger partial charge in [0.15, 0.2) is 0 Å². The molecular weight excluding hydrogens is 214 g/mol. The van der Waals surface area contributed by atoms with Crippen LogP contribution in [0.15, 0.2) is 28.9 Å². The number of carbonyl (C=O) groups excluding carboxylic acids is 1. The van der Waals surface area contributed by atoms with Crippen LogP contribution in [0, 0.1) is 10.1 Å². The fourth-order valence-electron chi connectivity index (χ4n) is 1.42. The van der Waals surface area contributed by atoms with Crippen LogP contribution < -0.4 is 0 Å². The second-order valence-corrected chi connectivity index (χ2v) is 3.08. The minimum Gasteiger partial charge on any atom is -0.465 e. The molecule has 0 aliphatic rings. The molecule has 0 saturated heterocycles. The molecule has 0 aliphatic carbocycles. The van der Waals surface area contributed by atoms with Crippen LogP contribution in [-0.4, -0.2) is 18.0 Å². The van der Waals surface area contributed by atoms with Crippen molar-refractivity contribution in [3.63, 3.8) is 0 Å². The Labute approximate surface area is 89.6 Å². The van der Waals surface area contributed by atoms with E-state index in [0.29, 0.717) is 11.0 Å². The monoisotopic (exact) mass is 221 g/mol. The number of carbonyl (C=O) groups is 1. The quantitative estimate of drug-likeness (QED) is 0.440. The summed E-state index contributed by atoms with van der Waals surface area (Å²) >= 11 is 0. The molecule has 0 fully saturated rings. The van der Waals surface area contributed by atoms with E-state index < -0.39 is 10.9 Å². The lowest BCUT2D eigenvalue weighted by Crippen LogP contribution is -2.05. The molecule has 0 bridgehead atoms. The van der Waals surface area contributed by atoms with Crippen molar-refractivity contribution in [3.05, 3.63) is 40.1 Å². The molecule has 0 amide bonds. The van der Waals surface area contributed by atoms with Crippen LogP contribution in [0.3, 0.4) is 0 Å². The second kappa shape index (κ2) is 3.65. The fraction of sp³-hybridized carbons (Fsp3) is 0.100. The third kappa shape index (κ3) is 1.50. The van der Waals surface area contributed by atoms with Gasteiger partial charge in [-0.1, -0.05) is 0 Å². The number of methoxy groups -OCH3 is 1. The van der Waals surface area contributed by atoms with Gasteiger partial charge in [-0.05, 0) is 6.07 Å². The van der Waals surface area contributed by atoms with Crippen molar-refractivity contribution in [1.29, 1.82) is 0 Å². The summed E-state index contributed by atoms with van der Waals surface area (Å²) in [6, 6.07) is 4.17. The van der Waals surface area contributed by atoms with E-state index in [9.17, 15) is 14.9 Å². The summed E-state index contributed by atoms with van der Waals surface area (Å²) in [5, 5.41) is 11.3. The van der Waals surface area contributed by atoms with Gasteiger partial charge >= 0.3 is 5.97 Å². The van der Waals surface area contributed by atoms with Gasteiger partial charge in [-0.3, -0.25) is 10.1 Å². The molecule has 1 aromatic carbocycles. The number of hydrogen-bond donors (Lipinski definition) is 0. The topological polar surface area (TPSA) is 82.6 Å². The Morgan fingerprint density at radius 2 is 2.25 bits per heavy atom. The van der Waals surface area contributed by atoms with E-state index in [1.807, 2.05) is 0 Å². The molecule has 0 unspecified atom stereocenters. The van der Waals surface area contributed by atoms with Gasteiger partial charge in [0, 0.05) is 17.5 Å². The van der Waals surface area contributed by atoms with Crippen LogP contribution >= 0.6 is 0 Å². The molecule has 0 radical (unpaired) electrons. The highest BCUT2D eigenvalue weighted by Crippen LogP contribution is 2.27. The van der Waals surface area contributed by atoms with Crippen molar-refractivity contribution in [2.24, 2.45) is 0 Å². The SMILES string of the molecule is COC(=O)c1cc2occc2cc1[N+](=O)[O-]. The number of rotatable bonds is 2. The summed E-state index contributed by atoms with van der Waals surface area (Å²) in [5.74, 6) is -0.759. The smallest absolute Gasteiger partial charge is 0.345 e. The van der Waals surface area contributed by atoms with Crippen LogP contribution in [0.1, 0.15) is 10.4 Å². The molecular formula is C10H7NO5. The predicted octanol–water partition coefficient (Wildman–Crippen LogP) is 2.13. The molecule has 82 valence electrons. The summed E-state index contributed by atoms with van der Waals surface area (Å²) in [6.45, 7) is 0. The first-order valence-corrected chi connectivity index (χ1v) is 4.37. The van der Waals surface area contributed by atoms with Crippen molar-refractivity contribution in [3.8, 4) is 0 Å². The Hall–Kier alpha value is -2.37. The van der Waals surface area contributed by atoms with Gasteiger partial charge < -0.3 is 9.15 Å². The van der Waals surface area contributed by atoms with Crippen molar-refractivity contribution in [1.82, 2.24) is 0 Å². The molecule has 1 heterocycles. The summed E-state index contributed by atoms with van der Waals surface area (Å²) in [5.41, 5.74) is 0.00157. The van der Waals surface area contributed by atoms with E-state index in [-0.39, 0.29) is 11.3 Å². The maximum absolute atomic E-state index is 11.3. The molecule has 2 rings (SSSR count). The molecule has 0 saturated carbocycles. The third-order valence-electron chi connectivity index (χ3n) is 2.17. The van der Waals surface area contributed by atoms with E-state index in [2.05, 4.69) is 4.74 Å². The highest BCUT2D eigenvalue weighted by Gasteiger charge is 2.22. The van der Waals surface area contributed by atoms with Gasteiger partial charge in [0.25, 0.3) is 5.69 Å². The molecule has 1 aromatic heterocycles. The molecule has 0 N–H and O–H groups in total. The van der Waals surface area contributed by atoms with E-state index in [4.69, 9.17) is 4.42 Å². The normalized spacial score (nSPS) is 10.3. The Morgan fingerprint density at radius 3 is 2.88 bits per heavy atom. The average molecular weight is 221 g/mol. The van der Waals surface area contributed by atoms with E-state index in [0.717, 1.165) is 0 Å². The summed E-state index contributed by atoms with van der Waals surface area (Å²) in [4.78, 5) is 21.5. The average Bonchev–Trinajstić information content (AvgIpc) is 2.73. The standard InChI is InChI=1S/C10H7NO5/c1-15-10(12)7-5-9-6(2-3-16-9)4-8(7)11(13)14/h2-5H,1H3. The largest absolute Gasteiger partial charge is 0.465 e. The number of nitro groups is 1. The van der Waals surface area contributed by atoms with Crippen LogP contribution in [0.4, 0.5) is 5.69 Å². The third-order valence-corrected chi connectivity index (χ3v) is 2.17. The lowest BCUT2D eigenvalue weighted by Gasteiger charge is -2.00. The van der Waals surface area contributed by atoms with Crippen LogP contribution in [0.2, 0.25) is 0 Å². The zero-order valence-corrected chi connectivity index (χ0v) is 8.30. The Balaban J connectivity index is 2.72. The van der Waals surface area contributed by atoms with E-state index in [1.165, 1.54) is 25.5 Å². The molecule has 6 nitrogen and oxygen atoms in total. The summed E-state index contributed by atoms with van der Waals surface area (Å²) in [7, 11) is 1.17. The van der Waals surface area contributed by atoms with Crippen LogP contribution in [0.25, 0.3) is 11.0 Å². The Bertz CT molecular complexity index is 572. The minimum absolute atomic E-state index is 0.116. The van der Waals surface area contributed by atoms with Gasteiger partial charge in [-0.15, -0.1) is 0 Å². The van der Waals surface area contributed by atoms with Gasteiger partial charge in [-0.25, -0.2) is 4.79 Å². The second-order valence-electron chi connectivity index (χ2n) is 3.08. The van der Waals surface area contributed by atoms with Crippen molar-refractivity contribution in [2.45, 2.75) is 0 Å². The van der Waals surface area contributed by atoms with Crippen molar-refractivity contribution >= 4 is 22.6 Å². The molecule has 0 spiro atoms. The Morgan fingerprint density at radius 1 is 1.50 bits per heavy atom. The number of furan rings is 1. The number of benzene rings is 1. The van der Waals surface area contributed by atoms with Crippen molar-refractivity contribution in [2.75, 3.05) is 7.11 Å². The Kier molecular flexibility index (Phi) is 2.32. The lowest BCUT2D eigenvalue weighted by atomic mass is 10.1. The molecule has 0 atom stereocenters. The maximum atomic E-state index is 11.3. The maximum Gasteiger partial charge on any atom is 0.345 e. The van der Waals surface area contributed by atoms with Crippen LogP contribution in [0.5, 0.6) is 0 Å². The summed E-state index contributed by atoms with van der Waals surface area (Å²) in [6.07, 6.45) is 1.40. The highest BCUT2D eigenvalue weighted by atomic mass is 16.6. The fourth-order valence-corrected chi connectivity index (χ4v) is 1.42. The predicted molar refractivity (Wildman–Crippen MR) is 54.2 cm³/mol. The number of hydrogen-bond acceptors (Lipinski definition) is 5. The number of ether oxygens (including phenoxy) is 1. The summed E-state index contributed by atoms with van der Waals surface area (Å²) < 4.78 is 9.53. The first-order chi connectivity index (χ1) is 7.63. The minimum atomic E-state index is -0.759. The van der Waals surface area contributed by atoms with Gasteiger partial charge in [0.05, 0.1) is 18.3 Å². The number of fused-ring (bicyclic) bond motifs is 1. The first-order valence-electron chi connectivity index (χ1n) is 4.37. The number of nitrogens with zero attached hydrogens (tertiary/aromatic N) is 1.